The van der Waals surface area contributed by atoms with E-state index in [4.69, 9.17) is 16.7 Å². The van der Waals surface area contributed by atoms with Crippen LogP contribution in [0.2, 0.25) is 5.02 Å². The van der Waals surface area contributed by atoms with Crippen molar-refractivity contribution in [2.75, 3.05) is 12.8 Å². The van der Waals surface area contributed by atoms with Gasteiger partial charge in [-0.05, 0) is 17.7 Å². The quantitative estimate of drug-likeness (QED) is 0.831. The van der Waals surface area contributed by atoms with Crippen LogP contribution < -0.4 is 4.72 Å². The zero-order valence-electron chi connectivity index (χ0n) is 9.76. The molecule has 0 bridgehead atoms. The number of carboxylic acid groups (broad SMARTS) is 1. The van der Waals surface area contributed by atoms with E-state index >= 15 is 0 Å². The van der Waals surface area contributed by atoms with Gasteiger partial charge in [-0.1, -0.05) is 23.7 Å². The third-order valence-electron chi connectivity index (χ3n) is 2.35. The second-order valence-corrected chi connectivity index (χ2v) is 6.24. The minimum Gasteiger partial charge on any atom is -0.481 e. The van der Waals surface area contributed by atoms with Crippen LogP contribution in [0, 0.1) is 0 Å². The van der Waals surface area contributed by atoms with Crippen LogP contribution in [0.5, 0.6) is 0 Å². The summed E-state index contributed by atoms with van der Waals surface area (Å²) in [4.78, 5) is 10.8. The van der Waals surface area contributed by atoms with Crippen molar-refractivity contribution in [3.63, 3.8) is 0 Å². The number of rotatable bonds is 6. The Balaban J connectivity index is 2.84. The molecule has 1 aromatic carbocycles. The summed E-state index contributed by atoms with van der Waals surface area (Å²) in [6.07, 6.45) is 0.886. The van der Waals surface area contributed by atoms with Gasteiger partial charge in [0.05, 0.1) is 12.7 Å². The first kappa shape index (κ1) is 14.9. The Hall–Kier alpha value is -1.11. The Bertz CT molecular complexity index is 512. The average molecular weight is 292 g/mol. The first-order chi connectivity index (χ1) is 8.28. The average Bonchev–Trinajstić information content (AvgIpc) is 2.24. The van der Waals surface area contributed by atoms with Gasteiger partial charge in [-0.3, -0.25) is 4.79 Å². The number of sulfonamides is 1. The lowest BCUT2D eigenvalue weighted by molar-refractivity contribution is -0.137. The van der Waals surface area contributed by atoms with Crippen molar-refractivity contribution >= 4 is 27.6 Å². The van der Waals surface area contributed by atoms with E-state index in [2.05, 4.69) is 4.72 Å². The third-order valence-corrected chi connectivity index (χ3v) is 3.30. The van der Waals surface area contributed by atoms with Crippen LogP contribution in [0.3, 0.4) is 0 Å². The molecule has 0 aliphatic heterocycles. The molecular formula is C11H14ClNO4S. The van der Waals surface area contributed by atoms with E-state index < -0.39 is 21.9 Å². The second kappa shape index (κ2) is 6.17. The molecule has 18 heavy (non-hydrogen) atoms. The van der Waals surface area contributed by atoms with E-state index in [0.717, 1.165) is 11.8 Å². The Morgan fingerprint density at radius 1 is 1.39 bits per heavy atom. The highest BCUT2D eigenvalue weighted by molar-refractivity contribution is 7.88. The van der Waals surface area contributed by atoms with E-state index in [1.54, 1.807) is 24.3 Å². The van der Waals surface area contributed by atoms with Crippen LogP contribution in [-0.4, -0.2) is 32.3 Å². The summed E-state index contributed by atoms with van der Waals surface area (Å²) in [7, 11) is -3.34. The molecule has 0 aliphatic carbocycles. The fraction of sp³-hybridized carbons (Fsp3) is 0.364. The highest BCUT2D eigenvalue weighted by Crippen LogP contribution is 2.21. The number of hydrogen-bond donors (Lipinski definition) is 2. The molecule has 0 saturated heterocycles. The molecule has 0 amide bonds. The molecule has 2 N–H and O–H groups in total. The molecule has 0 aromatic heterocycles. The number of aliphatic carboxylic acids is 1. The molecule has 0 aliphatic rings. The van der Waals surface area contributed by atoms with Gasteiger partial charge >= 0.3 is 5.97 Å². The lowest BCUT2D eigenvalue weighted by Gasteiger charge is -2.15. The Kier molecular flexibility index (Phi) is 5.13. The van der Waals surface area contributed by atoms with Crippen molar-refractivity contribution in [2.24, 2.45) is 0 Å². The van der Waals surface area contributed by atoms with Crippen molar-refractivity contribution in [3.05, 3.63) is 34.9 Å². The Morgan fingerprint density at radius 2 is 1.94 bits per heavy atom. The van der Waals surface area contributed by atoms with Crippen molar-refractivity contribution in [1.82, 2.24) is 4.72 Å². The van der Waals surface area contributed by atoms with Gasteiger partial charge in [-0.2, -0.15) is 0 Å². The molecule has 0 saturated carbocycles. The zero-order chi connectivity index (χ0) is 13.8. The molecule has 1 unspecified atom stereocenters. The molecule has 5 nitrogen and oxygen atoms in total. The predicted octanol–water partition coefficient (Wildman–Crippen LogP) is 1.45. The van der Waals surface area contributed by atoms with Gasteiger partial charge in [-0.15, -0.1) is 0 Å². The maximum Gasteiger partial charge on any atom is 0.304 e. The van der Waals surface area contributed by atoms with Crippen LogP contribution >= 0.6 is 11.6 Å². The lowest BCUT2D eigenvalue weighted by Crippen LogP contribution is -2.28. The molecule has 0 heterocycles. The highest BCUT2D eigenvalue weighted by atomic mass is 35.5. The summed E-state index contributed by atoms with van der Waals surface area (Å²) >= 11 is 5.74. The number of hydrogen-bond acceptors (Lipinski definition) is 3. The van der Waals surface area contributed by atoms with Crippen LogP contribution in [0.15, 0.2) is 24.3 Å². The van der Waals surface area contributed by atoms with E-state index in [-0.39, 0.29) is 13.0 Å². The zero-order valence-corrected chi connectivity index (χ0v) is 11.3. The summed E-state index contributed by atoms with van der Waals surface area (Å²) in [5, 5.41) is 9.37. The fourth-order valence-electron chi connectivity index (χ4n) is 1.51. The molecular weight excluding hydrogens is 278 g/mol. The first-order valence-corrected chi connectivity index (χ1v) is 7.47. The topological polar surface area (TPSA) is 83.5 Å². The monoisotopic (exact) mass is 291 g/mol. The minimum atomic E-state index is -3.34. The summed E-state index contributed by atoms with van der Waals surface area (Å²) < 4.78 is 24.4. The van der Waals surface area contributed by atoms with Crippen LogP contribution in [0.4, 0.5) is 0 Å². The molecule has 0 fully saturated rings. The van der Waals surface area contributed by atoms with E-state index in [9.17, 15) is 13.2 Å². The largest absolute Gasteiger partial charge is 0.481 e. The van der Waals surface area contributed by atoms with Gasteiger partial charge in [0, 0.05) is 17.5 Å². The van der Waals surface area contributed by atoms with E-state index in [1.165, 1.54) is 0 Å². The van der Waals surface area contributed by atoms with Crippen molar-refractivity contribution in [2.45, 2.75) is 12.3 Å². The van der Waals surface area contributed by atoms with E-state index in [0.29, 0.717) is 5.02 Å². The normalized spacial score (nSPS) is 13.2. The maximum atomic E-state index is 11.0. The van der Waals surface area contributed by atoms with Crippen LogP contribution in [0.1, 0.15) is 17.9 Å². The summed E-state index contributed by atoms with van der Waals surface area (Å²) in [5.74, 6) is -1.40. The first-order valence-electron chi connectivity index (χ1n) is 5.20. The summed E-state index contributed by atoms with van der Waals surface area (Å²) in [6.45, 7) is 0.0484. The predicted molar refractivity (Wildman–Crippen MR) is 69.3 cm³/mol. The van der Waals surface area contributed by atoms with Gasteiger partial charge in [0.2, 0.25) is 10.0 Å². The number of halogens is 1. The van der Waals surface area contributed by atoms with Crippen LogP contribution in [-0.2, 0) is 14.8 Å². The number of carbonyl (C=O) groups is 1. The maximum absolute atomic E-state index is 11.0. The second-order valence-electron chi connectivity index (χ2n) is 3.97. The fourth-order valence-corrected chi connectivity index (χ4v) is 2.14. The number of carboxylic acids is 1. The molecule has 0 radical (unpaired) electrons. The van der Waals surface area contributed by atoms with Gasteiger partial charge in [0.15, 0.2) is 0 Å². The number of nitrogens with one attached hydrogen (secondary N) is 1. The molecule has 1 aromatic rings. The van der Waals surface area contributed by atoms with Crippen molar-refractivity contribution in [3.8, 4) is 0 Å². The summed E-state index contributed by atoms with van der Waals surface area (Å²) in [6, 6.07) is 6.68. The molecule has 1 atom stereocenters. The smallest absolute Gasteiger partial charge is 0.304 e. The Labute approximate surface area is 111 Å². The molecule has 1 rings (SSSR count). The van der Waals surface area contributed by atoms with Gasteiger partial charge < -0.3 is 5.11 Å². The number of benzene rings is 1. The lowest BCUT2D eigenvalue weighted by atomic mass is 9.96. The SMILES string of the molecule is CS(=O)(=O)NCC(CC(=O)O)c1ccc(Cl)cc1. The van der Waals surface area contributed by atoms with Crippen molar-refractivity contribution < 1.29 is 18.3 Å². The van der Waals surface area contributed by atoms with Gasteiger partial charge in [0.1, 0.15) is 0 Å². The van der Waals surface area contributed by atoms with E-state index in [1.807, 2.05) is 0 Å². The Morgan fingerprint density at radius 3 is 2.39 bits per heavy atom. The highest BCUT2D eigenvalue weighted by Gasteiger charge is 2.17. The van der Waals surface area contributed by atoms with Crippen LogP contribution in [0.25, 0.3) is 0 Å². The van der Waals surface area contributed by atoms with Gasteiger partial charge in [-0.25, -0.2) is 13.1 Å². The molecule has 0 spiro atoms. The van der Waals surface area contributed by atoms with Crippen molar-refractivity contribution in [1.29, 1.82) is 0 Å². The summed E-state index contributed by atoms with van der Waals surface area (Å²) in [5.41, 5.74) is 0.734. The molecule has 100 valence electrons. The minimum absolute atomic E-state index is 0.0484. The van der Waals surface area contributed by atoms with Gasteiger partial charge in [0.25, 0.3) is 0 Å². The third kappa shape index (κ3) is 5.48. The molecule has 7 heteroatoms. The standard InChI is InChI=1S/C11H14ClNO4S/c1-18(16,17)13-7-9(6-11(14)15)8-2-4-10(12)5-3-8/h2-5,9,13H,6-7H2,1H3,(H,14,15).